The van der Waals surface area contributed by atoms with Crippen molar-refractivity contribution in [2.45, 2.75) is 58.4 Å². The molecule has 30 heavy (non-hydrogen) atoms. The highest BCUT2D eigenvalue weighted by molar-refractivity contribution is 6.30. The number of pyridine rings is 1. The lowest BCUT2D eigenvalue weighted by atomic mass is 9.72. The first-order valence-corrected chi connectivity index (χ1v) is 10.7. The number of carboxylic acid groups (broad SMARTS) is 1. The third-order valence-electron chi connectivity index (χ3n) is 6.00. The molecule has 1 aromatic carbocycles. The van der Waals surface area contributed by atoms with Crippen molar-refractivity contribution < 1.29 is 19.0 Å². The Labute approximate surface area is 181 Å². The molecule has 162 valence electrons. The predicted molar refractivity (Wildman–Crippen MR) is 116 cm³/mol. The van der Waals surface area contributed by atoms with Crippen LogP contribution in [0.4, 0.5) is 14.9 Å². The van der Waals surface area contributed by atoms with Crippen molar-refractivity contribution in [1.82, 2.24) is 4.98 Å². The average Bonchev–Trinajstić information content (AvgIpc) is 2.69. The minimum absolute atomic E-state index is 0.00680. The smallest absolute Gasteiger partial charge is 0.449 e. The number of aromatic nitrogens is 1. The van der Waals surface area contributed by atoms with Crippen molar-refractivity contribution in [3.8, 4) is 5.88 Å². The van der Waals surface area contributed by atoms with E-state index in [0.717, 1.165) is 42.8 Å². The van der Waals surface area contributed by atoms with Crippen LogP contribution < -0.4 is 9.64 Å². The number of hydrogen-bond donors (Lipinski definition) is 1. The zero-order chi connectivity index (χ0) is 22.1. The molecular weight excluding hydrogens is 407 g/mol. The highest BCUT2D eigenvalue weighted by atomic mass is 35.5. The SMILES string of the molecule is CCC1(C)CC(c2ccc(F)c(Cl)c2)N(CCC(C)C)c2ccc(OC(=O)O)nc21. The fourth-order valence-electron chi connectivity index (χ4n) is 4.06. The molecule has 1 aliphatic rings. The lowest BCUT2D eigenvalue weighted by Crippen LogP contribution is -2.42. The Hall–Kier alpha value is -2.34. The van der Waals surface area contributed by atoms with Gasteiger partial charge in [0.25, 0.3) is 0 Å². The summed E-state index contributed by atoms with van der Waals surface area (Å²) in [5, 5.41) is 9.09. The van der Waals surface area contributed by atoms with E-state index in [9.17, 15) is 9.18 Å². The van der Waals surface area contributed by atoms with Gasteiger partial charge in [-0.2, -0.15) is 0 Å². The Morgan fingerprint density at radius 3 is 2.73 bits per heavy atom. The van der Waals surface area contributed by atoms with E-state index in [4.69, 9.17) is 21.4 Å². The van der Waals surface area contributed by atoms with Crippen LogP contribution in [-0.2, 0) is 5.41 Å². The summed E-state index contributed by atoms with van der Waals surface area (Å²) in [4.78, 5) is 17.9. The number of ether oxygens (including phenoxy) is 1. The number of hydrogen-bond acceptors (Lipinski definition) is 4. The Kier molecular flexibility index (Phi) is 6.56. The van der Waals surface area contributed by atoms with Crippen LogP contribution >= 0.6 is 11.6 Å². The number of halogens is 2. The van der Waals surface area contributed by atoms with Gasteiger partial charge in [0, 0.05) is 18.0 Å². The van der Waals surface area contributed by atoms with E-state index in [1.807, 2.05) is 6.07 Å². The topological polar surface area (TPSA) is 62.7 Å². The molecular formula is C23H28ClFN2O3. The lowest BCUT2D eigenvalue weighted by molar-refractivity contribution is 0.142. The van der Waals surface area contributed by atoms with E-state index in [1.54, 1.807) is 18.2 Å². The predicted octanol–water partition coefficient (Wildman–Crippen LogP) is 6.60. The second-order valence-electron chi connectivity index (χ2n) is 8.57. The first-order valence-electron chi connectivity index (χ1n) is 10.3. The molecule has 0 radical (unpaired) electrons. The van der Waals surface area contributed by atoms with Gasteiger partial charge in [0.2, 0.25) is 5.88 Å². The highest BCUT2D eigenvalue weighted by Crippen LogP contribution is 2.49. The number of anilines is 1. The molecule has 0 amide bonds. The summed E-state index contributed by atoms with van der Waals surface area (Å²) in [6, 6.07) is 8.40. The summed E-state index contributed by atoms with van der Waals surface area (Å²) in [5.74, 6) is 0.154. The van der Waals surface area contributed by atoms with Gasteiger partial charge >= 0.3 is 6.16 Å². The molecule has 0 fully saturated rings. The summed E-state index contributed by atoms with van der Waals surface area (Å²) < 4.78 is 18.6. The minimum Gasteiger partial charge on any atom is -0.449 e. The van der Waals surface area contributed by atoms with Crippen molar-refractivity contribution in [2.75, 3.05) is 11.4 Å². The molecule has 2 heterocycles. The molecule has 1 aromatic heterocycles. The van der Waals surface area contributed by atoms with Crippen LogP contribution in [0.5, 0.6) is 5.88 Å². The van der Waals surface area contributed by atoms with Crippen LogP contribution in [0, 0.1) is 11.7 Å². The fourth-order valence-corrected chi connectivity index (χ4v) is 4.25. The van der Waals surface area contributed by atoms with Gasteiger partial charge in [0.1, 0.15) is 5.82 Å². The monoisotopic (exact) mass is 434 g/mol. The van der Waals surface area contributed by atoms with Gasteiger partial charge in [-0.15, -0.1) is 0 Å². The van der Waals surface area contributed by atoms with E-state index >= 15 is 0 Å². The van der Waals surface area contributed by atoms with Crippen molar-refractivity contribution in [3.05, 3.63) is 52.4 Å². The molecule has 0 saturated carbocycles. The van der Waals surface area contributed by atoms with E-state index < -0.39 is 12.0 Å². The van der Waals surface area contributed by atoms with Crippen LogP contribution in [0.3, 0.4) is 0 Å². The maximum Gasteiger partial charge on any atom is 0.512 e. The van der Waals surface area contributed by atoms with Gasteiger partial charge in [0.05, 0.1) is 22.4 Å². The van der Waals surface area contributed by atoms with Crippen LogP contribution in [0.15, 0.2) is 30.3 Å². The lowest BCUT2D eigenvalue weighted by Gasteiger charge is -2.47. The minimum atomic E-state index is -1.38. The first-order chi connectivity index (χ1) is 14.1. The number of rotatable bonds is 6. The molecule has 0 bridgehead atoms. The number of benzene rings is 1. The normalized spacial score (nSPS) is 20.9. The van der Waals surface area contributed by atoms with E-state index in [2.05, 4.69) is 37.6 Å². The van der Waals surface area contributed by atoms with Crippen molar-refractivity contribution >= 4 is 23.4 Å². The molecule has 3 rings (SSSR count). The van der Waals surface area contributed by atoms with Crippen LogP contribution in [0.2, 0.25) is 5.02 Å². The van der Waals surface area contributed by atoms with E-state index in [1.165, 1.54) is 6.07 Å². The van der Waals surface area contributed by atoms with Crippen LogP contribution in [0.1, 0.15) is 64.3 Å². The summed E-state index contributed by atoms with van der Waals surface area (Å²) in [6.45, 7) is 9.36. The van der Waals surface area contributed by atoms with Crippen LogP contribution in [-0.4, -0.2) is 22.8 Å². The first kappa shape index (κ1) is 22.3. The summed E-state index contributed by atoms with van der Waals surface area (Å²) in [6.07, 6.45) is 1.15. The van der Waals surface area contributed by atoms with Gasteiger partial charge in [0.15, 0.2) is 0 Å². The van der Waals surface area contributed by atoms with Gasteiger partial charge in [-0.25, -0.2) is 14.2 Å². The molecule has 2 atom stereocenters. The molecule has 2 unspecified atom stereocenters. The zero-order valence-corrected chi connectivity index (χ0v) is 18.5. The molecule has 5 nitrogen and oxygen atoms in total. The summed E-state index contributed by atoms with van der Waals surface area (Å²) in [7, 11) is 0. The van der Waals surface area contributed by atoms with Gasteiger partial charge in [-0.1, -0.05) is 45.4 Å². The Morgan fingerprint density at radius 2 is 2.13 bits per heavy atom. The van der Waals surface area contributed by atoms with Crippen LogP contribution in [0.25, 0.3) is 0 Å². The maximum absolute atomic E-state index is 13.8. The molecule has 7 heteroatoms. The van der Waals surface area contributed by atoms with Crippen molar-refractivity contribution in [3.63, 3.8) is 0 Å². The number of carbonyl (C=O) groups is 1. The number of nitrogens with zero attached hydrogens (tertiary/aromatic N) is 2. The molecule has 1 aliphatic heterocycles. The summed E-state index contributed by atoms with van der Waals surface area (Å²) >= 11 is 6.10. The highest BCUT2D eigenvalue weighted by Gasteiger charge is 2.41. The molecule has 0 aliphatic carbocycles. The van der Waals surface area contributed by atoms with Gasteiger partial charge in [-0.05, 0) is 48.9 Å². The molecule has 0 saturated heterocycles. The Morgan fingerprint density at radius 1 is 1.40 bits per heavy atom. The molecule has 1 N–H and O–H groups in total. The van der Waals surface area contributed by atoms with Gasteiger partial charge < -0.3 is 14.7 Å². The average molecular weight is 435 g/mol. The van der Waals surface area contributed by atoms with Crippen molar-refractivity contribution in [2.24, 2.45) is 5.92 Å². The maximum atomic E-state index is 13.8. The quantitative estimate of drug-likeness (QED) is 0.519. The molecule has 2 aromatic rings. The largest absolute Gasteiger partial charge is 0.512 e. The van der Waals surface area contributed by atoms with Crippen molar-refractivity contribution in [1.29, 1.82) is 0 Å². The third-order valence-corrected chi connectivity index (χ3v) is 6.29. The Bertz CT molecular complexity index is 937. The third kappa shape index (κ3) is 4.53. The standard InChI is InChI=1S/C23H28ClFN2O3/c1-5-23(4)13-19(15-6-7-17(25)16(24)12-15)27(11-10-14(2)3)18-8-9-20(26-21(18)23)30-22(28)29/h6-9,12,14,19H,5,10-11,13H2,1-4H3,(H,28,29). The van der Waals surface area contributed by atoms with E-state index in [-0.39, 0.29) is 22.4 Å². The zero-order valence-electron chi connectivity index (χ0n) is 17.8. The number of fused-ring (bicyclic) bond motifs is 1. The Balaban J connectivity index is 2.12. The second kappa shape index (κ2) is 8.80. The molecule has 0 spiro atoms. The fraction of sp³-hybridized carbons (Fsp3) is 0.478. The summed E-state index contributed by atoms with van der Waals surface area (Å²) in [5.41, 5.74) is 2.44. The van der Waals surface area contributed by atoms with Gasteiger partial charge in [-0.3, -0.25) is 0 Å². The van der Waals surface area contributed by atoms with E-state index in [0.29, 0.717) is 5.92 Å². The second-order valence-corrected chi connectivity index (χ2v) is 8.98.